The van der Waals surface area contributed by atoms with Crippen LogP contribution in [-0.2, 0) is 11.3 Å². The van der Waals surface area contributed by atoms with E-state index < -0.39 is 0 Å². The number of hydrogen-bond acceptors (Lipinski definition) is 5. The summed E-state index contributed by atoms with van der Waals surface area (Å²) in [4.78, 5) is 4.99. The fourth-order valence-electron chi connectivity index (χ4n) is 2.86. The maximum absolute atomic E-state index is 5.61. The first-order valence-electron chi connectivity index (χ1n) is 8.32. The Kier molecular flexibility index (Phi) is 5.66. The highest BCUT2D eigenvalue weighted by Crippen LogP contribution is 2.17. The van der Waals surface area contributed by atoms with Crippen molar-refractivity contribution in [3.8, 4) is 0 Å². The Bertz CT molecular complexity index is 560. The van der Waals surface area contributed by atoms with Gasteiger partial charge in [0.15, 0.2) is 0 Å². The van der Waals surface area contributed by atoms with Gasteiger partial charge < -0.3 is 14.2 Å². The molecule has 0 saturated carbocycles. The number of ether oxygens (including phenoxy) is 1. The van der Waals surface area contributed by atoms with Crippen molar-refractivity contribution < 1.29 is 9.26 Å². The second kappa shape index (κ2) is 8.13. The van der Waals surface area contributed by atoms with E-state index in [2.05, 4.69) is 46.1 Å². The molecule has 1 aliphatic heterocycles. The molecule has 0 unspecified atom stereocenters. The third-order valence-electron chi connectivity index (χ3n) is 4.28. The largest absolute Gasteiger partial charge is 0.375 e. The number of aromatic nitrogens is 1. The Labute approximate surface area is 137 Å². The van der Waals surface area contributed by atoms with Gasteiger partial charge in [0.1, 0.15) is 12.0 Å². The summed E-state index contributed by atoms with van der Waals surface area (Å²) < 4.78 is 10.4. The van der Waals surface area contributed by atoms with E-state index in [1.165, 1.54) is 11.3 Å². The van der Waals surface area contributed by atoms with Gasteiger partial charge in [-0.15, -0.1) is 0 Å². The first-order valence-corrected chi connectivity index (χ1v) is 8.32. The molecule has 5 heteroatoms. The zero-order valence-electron chi connectivity index (χ0n) is 13.8. The fraction of sp³-hybridized carbons (Fsp3) is 0.500. The van der Waals surface area contributed by atoms with Crippen molar-refractivity contribution in [1.82, 2.24) is 10.1 Å². The van der Waals surface area contributed by atoms with Crippen LogP contribution in [0.1, 0.15) is 17.7 Å². The number of piperazine rings is 1. The molecule has 1 saturated heterocycles. The summed E-state index contributed by atoms with van der Waals surface area (Å²) in [5.74, 6) is 0. The zero-order chi connectivity index (χ0) is 15.9. The van der Waals surface area contributed by atoms with E-state index in [0.29, 0.717) is 6.61 Å². The average Bonchev–Trinajstić information content (AvgIpc) is 3.09. The maximum atomic E-state index is 5.61. The van der Waals surface area contributed by atoms with E-state index in [-0.39, 0.29) is 0 Å². The Morgan fingerprint density at radius 3 is 2.57 bits per heavy atom. The highest BCUT2D eigenvalue weighted by molar-refractivity contribution is 5.47. The van der Waals surface area contributed by atoms with Crippen LogP contribution >= 0.6 is 0 Å². The molecule has 0 aliphatic carbocycles. The van der Waals surface area contributed by atoms with Crippen molar-refractivity contribution in [3.05, 3.63) is 47.9 Å². The summed E-state index contributed by atoms with van der Waals surface area (Å²) in [6, 6.07) is 10.7. The van der Waals surface area contributed by atoms with Gasteiger partial charge in [-0.2, -0.15) is 0 Å². The predicted octanol–water partition coefficient (Wildman–Crippen LogP) is 2.71. The molecule has 0 radical (unpaired) electrons. The highest BCUT2D eigenvalue weighted by Gasteiger charge is 2.16. The smallest absolute Gasteiger partial charge is 0.124 e. The van der Waals surface area contributed by atoms with E-state index >= 15 is 0 Å². The molecule has 1 aromatic carbocycles. The maximum Gasteiger partial charge on any atom is 0.124 e. The summed E-state index contributed by atoms with van der Waals surface area (Å²) in [6.45, 7) is 8.98. The predicted molar refractivity (Wildman–Crippen MR) is 90.6 cm³/mol. The van der Waals surface area contributed by atoms with Gasteiger partial charge in [0.2, 0.25) is 0 Å². The fourth-order valence-corrected chi connectivity index (χ4v) is 2.86. The van der Waals surface area contributed by atoms with Gasteiger partial charge in [-0.05, 0) is 25.5 Å². The van der Waals surface area contributed by atoms with Gasteiger partial charge in [-0.3, -0.25) is 4.90 Å². The minimum atomic E-state index is 0.539. The molecule has 0 N–H and O–H groups in total. The van der Waals surface area contributed by atoms with Crippen molar-refractivity contribution in [1.29, 1.82) is 0 Å². The molecule has 5 nitrogen and oxygen atoms in total. The van der Waals surface area contributed by atoms with Crippen molar-refractivity contribution in [2.24, 2.45) is 0 Å². The lowest BCUT2D eigenvalue weighted by molar-refractivity contribution is 0.103. The van der Waals surface area contributed by atoms with Gasteiger partial charge >= 0.3 is 0 Å². The van der Waals surface area contributed by atoms with E-state index in [1.807, 2.05) is 6.07 Å². The topological polar surface area (TPSA) is 41.7 Å². The van der Waals surface area contributed by atoms with Crippen LogP contribution in [0.2, 0.25) is 0 Å². The number of anilines is 1. The van der Waals surface area contributed by atoms with Gasteiger partial charge in [0, 0.05) is 51.1 Å². The van der Waals surface area contributed by atoms with Crippen LogP contribution < -0.4 is 4.90 Å². The molecule has 23 heavy (non-hydrogen) atoms. The van der Waals surface area contributed by atoms with Crippen LogP contribution in [0.25, 0.3) is 0 Å². The van der Waals surface area contributed by atoms with Crippen LogP contribution in [0.4, 0.5) is 5.69 Å². The number of benzene rings is 1. The van der Waals surface area contributed by atoms with E-state index in [0.717, 1.165) is 51.4 Å². The van der Waals surface area contributed by atoms with E-state index in [9.17, 15) is 0 Å². The Balaban J connectivity index is 1.31. The molecular formula is C18H25N3O2. The summed E-state index contributed by atoms with van der Waals surface area (Å²) in [7, 11) is 0. The standard InChI is InChI=1S/C18H25N3O2/c1-16-3-5-18(6-4-16)21-11-9-20(10-12-21)8-2-13-22-15-17-7-14-23-19-17/h3-7,14H,2,8-13,15H2,1H3. The molecule has 0 bridgehead atoms. The molecule has 1 fully saturated rings. The molecule has 1 aromatic heterocycles. The second-order valence-electron chi connectivity index (χ2n) is 6.06. The molecule has 0 spiro atoms. The first kappa shape index (κ1) is 16.0. The molecule has 1 aliphatic rings. The number of hydrogen-bond donors (Lipinski definition) is 0. The molecule has 2 heterocycles. The molecular weight excluding hydrogens is 290 g/mol. The van der Waals surface area contributed by atoms with Crippen LogP contribution in [0.5, 0.6) is 0 Å². The third-order valence-corrected chi connectivity index (χ3v) is 4.28. The number of aryl methyl sites for hydroxylation is 1. The quantitative estimate of drug-likeness (QED) is 0.735. The van der Waals surface area contributed by atoms with Crippen molar-refractivity contribution in [2.75, 3.05) is 44.2 Å². The van der Waals surface area contributed by atoms with Crippen molar-refractivity contribution >= 4 is 5.69 Å². The molecule has 3 rings (SSSR count). The van der Waals surface area contributed by atoms with Gasteiger partial charge in [0.05, 0.1) is 6.61 Å². The highest BCUT2D eigenvalue weighted by atomic mass is 16.5. The first-order chi connectivity index (χ1) is 11.3. The molecule has 0 amide bonds. The SMILES string of the molecule is Cc1ccc(N2CCN(CCCOCc3ccon3)CC2)cc1. The van der Waals surface area contributed by atoms with Crippen LogP contribution in [0, 0.1) is 6.92 Å². The normalized spacial score (nSPS) is 16.0. The lowest BCUT2D eigenvalue weighted by Gasteiger charge is -2.36. The molecule has 2 aromatic rings. The minimum absolute atomic E-state index is 0.539. The second-order valence-corrected chi connectivity index (χ2v) is 6.06. The van der Waals surface area contributed by atoms with Crippen LogP contribution in [0.3, 0.4) is 0 Å². The van der Waals surface area contributed by atoms with E-state index in [4.69, 9.17) is 9.26 Å². The van der Waals surface area contributed by atoms with E-state index in [1.54, 1.807) is 6.26 Å². The Hall–Kier alpha value is -1.85. The van der Waals surface area contributed by atoms with Crippen LogP contribution in [-0.4, -0.2) is 49.4 Å². The van der Waals surface area contributed by atoms with Gasteiger partial charge in [0.25, 0.3) is 0 Å². The van der Waals surface area contributed by atoms with Crippen molar-refractivity contribution in [2.45, 2.75) is 20.0 Å². The van der Waals surface area contributed by atoms with Crippen molar-refractivity contribution in [3.63, 3.8) is 0 Å². The lowest BCUT2D eigenvalue weighted by Crippen LogP contribution is -2.46. The van der Waals surface area contributed by atoms with Crippen LogP contribution in [0.15, 0.2) is 41.1 Å². The summed E-state index contributed by atoms with van der Waals surface area (Å²) in [5.41, 5.74) is 3.51. The summed E-state index contributed by atoms with van der Waals surface area (Å²) >= 11 is 0. The Morgan fingerprint density at radius 2 is 1.87 bits per heavy atom. The minimum Gasteiger partial charge on any atom is -0.375 e. The third kappa shape index (κ3) is 4.81. The summed E-state index contributed by atoms with van der Waals surface area (Å²) in [5, 5.41) is 3.83. The monoisotopic (exact) mass is 315 g/mol. The zero-order valence-corrected chi connectivity index (χ0v) is 13.8. The summed E-state index contributed by atoms with van der Waals surface area (Å²) in [6.07, 6.45) is 2.63. The Morgan fingerprint density at radius 1 is 1.09 bits per heavy atom. The van der Waals surface area contributed by atoms with Gasteiger partial charge in [-0.1, -0.05) is 22.9 Å². The average molecular weight is 315 g/mol. The molecule has 124 valence electrons. The number of rotatable bonds is 7. The van der Waals surface area contributed by atoms with Gasteiger partial charge in [-0.25, -0.2) is 0 Å². The number of nitrogens with zero attached hydrogens (tertiary/aromatic N) is 3. The molecule has 0 atom stereocenters. The lowest BCUT2D eigenvalue weighted by atomic mass is 10.2.